The van der Waals surface area contributed by atoms with Gasteiger partial charge in [0.1, 0.15) is 0 Å². The zero-order valence-corrected chi connectivity index (χ0v) is 10.7. The number of hydrogen-bond donors (Lipinski definition) is 1. The molecule has 0 bridgehead atoms. The van der Waals surface area contributed by atoms with Gasteiger partial charge in [-0.2, -0.15) is 0 Å². The number of nitrogens with one attached hydrogen (secondary N) is 1. The molecular formula is C14H27N. The summed E-state index contributed by atoms with van der Waals surface area (Å²) in [6.45, 7) is 8.06. The van der Waals surface area contributed by atoms with Crippen LogP contribution in [0.15, 0.2) is 0 Å². The zero-order chi connectivity index (χ0) is 10.9. The van der Waals surface area contributed by atoms with E-state index in [0.717, 1.165) is 17.8 Å². The maximum Gasteiger partial charge on any atom is 0.00966 e. The van der Waals surface area contributed by atoms with Crippen molar-refractivity contribution in [3.63, 3.8) is 0 Å². The summed E-state index contributed by atoms with van der Waals surface area (Å²) in [7, 11) is 0. The van der Waals surface area contributed by atoms with Gasteiger partial charge in [-0.1, -0.05) is 32.1 Å². The first-order valence-electron chi connectivity index (χ1n) is 6.81. The van der Waals surface area contributed by atoms with Crippen LogP contribution in [0.1, 0.15) is 59.3 Å². The lowest BCUT2D eigenvalue weighted by Gasteiger charge is -2.23. The van der Waals surface area contributed by atoms with E-state index in [9.17, 15) is 0 Å². The Morgan fingerprint density at radius 2 is 1.73 bits per heavy atom. The minimum atomic E-state index is 0.305. The van der Waals surface area contributed by atoms with Crippen LogP contribution < -0.4 is 5.32 Å². The summed E-state index contributed by atoms with van der Waals surface area (Å²) in [5.41, 5.74) is 0.305. The molecule has 0 aliphatic heterocycles. The van der Waals surface area contributed by atoms with Gasteiger partial charge < -0.3 is 5.32 Å². The van der Waals surface area contributed by atoms with Gasteiger partial charge in [-0.25, -0.2) is 0 Å². The van der Waals surface area contributed by atoms with Crippen molar-refractivity contribution in [3.05, 3.63) is 0 Å². The minimum absolute atomic E-state index is 0.305. The van der Waals surface area contributed by atoms with Gasteiger partial charge in [0.15, 0.2) is 0 Å². The molecule has 0 heterocycles. The van der Waals surface area contributed by atoms with E-state index in [1.54, 1.807) is 0 Å². The van der Waals surface area contributed by atoms with Crippen LogP contribution in [0.25, 0.3) is 0 Å². The summed E-state index contributed by atoms with van der Waals surface area (Å²) < 4.78 is 0. The van der Waals surface area contributed by atoms with Crippen LogP contribution in [0.3, 0.4) is 0 Å². The summed E-state index contributed by atoms with van der Waals surface area (Å²) in [5, 5.41) is 3.65. The van der Waals surface area contributed by atoms with Gasteiger partial charge in [0, 0.05) is 5.54 Å². The highest BCUT2D eigenvalue weighted by molar-refractivity contribution is 4.94. The average Bonchev–Trinajstić information content (AvgIpc) is 2.94. The normalized spacial score (nSPS) is 33.0. The third-order valence-corrected chi connectivity index (χ3v) is 4.13. The van der Waals surface area contributed by atoms with Crippen molar-refractivity contribution < 1.29 is 0 Å². The van der Waals surface area contributed by atoms with E-state index in [0.29, 0.717) is 5.54 Å². The van der Waals surface area contributed by atoms with Gasteiger partial charge in [0.2, 0.25) is 0 Å². The molecule has 0 saturated heterocycles. The van der Waals surface area contributed by atoms with E-state index >= 15 is 0 Å². The second-order valence-electron chi connectivity index (χ2n) is 6.69. The molecule has 2 fully saturated rings. The maximum absolute atomic E-state index is 3.65. The van der Waals surface area contributed by atoms with Crippen LogP contribution >= 0.6 is 0 Å². The lowest BCUT2D eigenvalue weighted by Crippen LogP contribution is -2.37. The van der Waals surface area contributed by atoms with E-state index in [2.05, 4.69) is 26.1 Å². The molecule has 0 aromatic carbocycles. The molecule has 0 amide bonds. The van der Waals surface area contributed by atoms with Crippen molar-refractivity contribution in [1.82, 2.24) is 5.32 Å². The van der Waals surface area contributed by atoms with Gasteiger partial charge in [-0.15, -0.1) is 0 Å². The molecule has 2 aliphatic rings. The highest BCUT2D eigenvalue weighted by Gasteiger charge is 2.42. The van der Waals surface area contributed by atoms with Crippen molar-refractivity contribution in [1.29, 1.82) is 0 Å². The zero-order valence-electron chi connectivity index (χ0n) is 10.7. The summed E-state index contributed by atoms with van der Waals surface area (Å²) >= 11 is 0. The minimum Gasteiger partial charge on any atom is -0.312 e. The second kappa shape index (κ2) is 4.45. The van der Waals surface area contributed by atoms with Crippen molar-refractivity contribution in [2.45, 2.75) is 64.8 Å². The Labute approximate surface area is 95.0 Å². The van der Waals surface area contributed by atoms with Crippen molar-refractivity contribution >= 4 is 0 Å². The van der Waals surface area contributed by atoms with Crippen LogP contribution in [0.2, 0.25) is 0 Å². The third kappa shape index (κ3) is 3.48. The Hall–Kier alpha value is -0.0400. The fourth-order valence-electron chi connectivity index (χ4n) is 3.08. The molecule has 1 heteroatoms. The second-order valence-corrected chi connectivity index (χ2v) is 6.69. The van der Waals surface area contributed by atoms with Gasteiger partial charge in [-0.3, -0.25) is 0 Å². The first-order valence-corrected chi connectivity index (χ1v) is 6.81. The smallest absolute Gasteiger partial charge is 0.00966 e. The quantitative estimate of drug-likeness (QED) is 0.749. The van der Waals surface area contributed by atoms with E-state index in [-0.39, 0.29) is 0 Å². The SMILES string of the molecule is CC(C)(C)NCC1CC1C1CCCCC1. The van der Waals surface area contributed by atoms with E-state index in [4.69, 9.17) is 0 Å². The Bertz CT molecular complexity index is 198. The Morgan fingerprint density at radius 1 is 1.07 bits per heavy atom. The summed E-state index contributed by atoms with van der Waals surface area (Å²) in [6, 6.07) is 0. The van der Waals surface area contributed by atoms with Crippen molar-refractivity contribution in [3.8, 4) is 0 Å². The summed E-state index contributed by atoms with van der Waals surface area (Å²) in [4.78, 5) is 0. The predicted molar refractivity (Wildman–Crippen MR) is 65.9 cm³/mol. The van der Waals surface area contributed by atoms with E-state index in [1.807, 2.05) is 0 Å². The predicted octanol–water partition coefficient (Wildman–Crippen LogP) is 3.59. The fourth-order valence-corrected chi connectivity index (χ4v) is 3.08. The summed E-state index contributed by atoms with van der Waals surface area (Å²) in [5.74, 6) is 3.18. The highest BCUT2D eigenvalue weighted by Crippen LogP contribution is 2.49. The van der Waals surface area contributed by atoms with Crippen LogP contribution in [0.4, 0.5) is 0 Å². The molecule has 1 nitrogen and oxygen atoms in total. The molecule has 2 rings (SSSR count). The van der Waals surface area contributed by atoms with Gasteiger partial charge in [-0.05, 0) is 51.5 Å². The topological polar surface area (TPSA) is 12.0 Å². The summed E-state index contributed by atoms with van der Waals surface area (Å²) in [6.07, 6.45) is 9.05. The first kappa shape index (κ1) is 11.4. The molecule has 2 aliphatic carbocycles. The van der Waals surface area contributed by atoms with E-state index in [1.165, 1.54) is 45.1 Å². The highest BCUT2D eigenvalue weighted by atomic mass is 15.0. The molecule has 88 valence electrons. The maximum atomic E-state index is 3.65. The Kier molecular flexibility index (Phi) is 3.39. The van der Waals surface area contributed by atoms with Crippen molar-refractivity contribution in [2.75, 3.05) is 6.54 Å². The molecule has 0 aromatic heterocycles. The third-order valence-electron chi connectivity index (χ3n) is 4.13. The molecule has 0 aromatic rings. The largest absolute Gasteiger partial charge is 0.312 e. The molecule has 0 spiro atoms. The van der Waals surface area contributed by atoms with Gasteiger partial charge in [0.05, 0.1) is 0 Å². The van der Waals surface area contributed by atoms with Crippen LogP contribution in [-0.4, -0.2) is 12.1 Å². The monoisotopic (exact) mass is 209 g/mol. The Morgan fingerprint density at radius 3 is 2.33 bits per heavy atom. The fraction of sp³-hybridized carbons (Fsp3) is 1.00. The Balaban J connectivity index is 1.67. The van der Waals surface area contributed by atoms with Crippen LogP contribution in [0.5, 0.6) is 0 Å². The number of rotatable bonds is 3. The lowest BCUT2D eigenvalue weighted by molar-refractivity contribution is 0.302. The molecule has 2 atom stereocenters. The van der Waals surface area contributed by atoms with Crippen LogP contribution in [0, 0.1) is 17.8 Å². The van der Waals surface area contributed by atoms with Crippen LogP contribution in [-0.2, 0) is 0 Å². The van der Waals surface area contributed by atoms with Gasteiger partial charge >= 0.3 is 0 Å². The van der Waals surface area contributed by atoms with E-state index < -0.39 is 0 Å². The molecule has 2 unspecified atom stereocenters. The lowest BCUT2D eigenvalue weighted by atomic mass is 9.85. The first-order chi connectivity index (χ1) is 7.06. The number of hydrogen-bond acceptors (Lipinski definition) is 1. The molecule has 15 heavy (non-hydrogen) atoms. The molecular weight excluding hydrogens is 182 g/mol. The average molecular weight is 209 g/mol. The molecule has 1 N–H and O–H groups in total. The van der Waals surface area contributed by atoms with Crippen molar-refractivity contribution in [2.24, 2.45) is 17.8 Å². The molecule has 0 radical (unpaired) electrons. The van der Waals surface area contributed by atoms with Gasteiger partial charge in [0.25, 0.3) is 0 Å². The standard InChI is InChI=1S/C14H27N/c1-14(2,3)15-10-12-9-13(12)11-7-5-4-6-8-11/h11-13,15H,4-10H2,1-3H3. The molecule has 2 saturated carbocycles.